The van der Waals surface area contributed by atoms with Crippen molar-refractivity contribution in [3.63, 3.8) is 0 Å². The van der Waals surface area contributed by atoms with Crippen LogP contribution in [-0.2, 0) is 0 Å². The highest BCUT2D eigenvalue weighted by Gasteiger charge is 2.02. The second-order valence-corrected chi connectivity index (χ2v) is 3.96. The SMILES string of the molecule is CC/C=C(/Br)c1cc(C#N)ccc1C. The Kier molecular flexibility index (Phi) is 3.91. The van der Waals surface area contributed by atoms with Gasteiger partial charge >= 0.3 is 0 Å². The van der Waals surface area contributed by atoms with Crippen LogP contribution in [0.5, 0.6) is 0 Å². The topological polar surface area (TPSA) is 23.8 Å². The van der Waals surface area contributed by atoms with Gasteiger partial charge in [0.25, 0.3) is 0 Å². The predicted octanol–water partition coefficient (Wildman–Crippen LogP) is 4.01. The number of hydrogen-bond acceptors (Lipinski definition) is 1. The summed E-state index contributed by atoms with van der Waals surface area (Å²) in [5, 5.41) is 8.78. The van der Waals surface area contributed by atoms with Crippen LogP contribution in [-0.4, -0.2) is 0 Å². The van der Waals surface area contributed by atoms with E-state index in [2.05, 4.69) is 35.0 Å². The van der Waals surface area contributed by atoms with Crippen molar-refractivity contribution in [2.24, 2.45) is 0 Å². The maximum Gasteiger partial charge on any atom is 0.0991 e. The van der Waals surface area contributed by atoms with Crippen LogP contribution in [0.25, 0.3) is 4.48 Å². The zero-order valence-corrected chi connectivity index (χ0v) is 9.93. The quantitative estimate of drug-likeness (QED) is 0.777. The largest absolute Gasteiger partial charge is 0.192 e. The lowest BCUT2D eigenvalue weighted by Gasteiger charge is -2.04. The Bertz CT molecular complexity index is 399. The smallest absolute Gasteiger partial charge is 0.0991 e. The van der Waals surface area contributed by atoms with E-state index in [-0.39, 0.29) is 0 Å². The van der Waals surface area contributed by atoms with Gasteiger partial charge in [-0.05, 0) is 36.6 Å². The molecule has 2 heteroatoms. The van der Waals surface area contributed by atoms with Gasteiger partial charge in [0.2, 0.25) is 0 Å². The average molecular weight is 250 g/mol. The summed E-state index contributed by atoms with van der Waals surface area (Å²) in [6.07, 6.45) is 3.08. The molecule has 0 radical (unpaired) electrons. The van der Waals surface area contributed by atoms with Crippen molar-refractivity contribution in [1.29, 1.82) is 5.26 Å². The molecule has 72 valence electrons. The number of nitrogens with zero attached hydrogens (tertiary/aromatic N) is 1. The molecular weight excluding hydrogens is 238 g/mol. The molecule has 0 aromatic heterocycles. The highest BCUT2D eigenvalue weighted by Crippen LogP contribution is 2.25. The van der Waals surface area contributed by atoms with Crippen LogP contribution in [0.4, 0.5) is 0 Å². The summed E-state index contributed by atoms with van der Waals surface area (Å²) in [4.78, 5) is 0. The molecule has 0 aliphatic rings. The fraction of sp³-hybridized carbons (Fsp3) is 0.250. The number of allylic oxidation sites excluding steroid dienone is 1. The maximum absolute atomic E-state index is 8.78. The monoisotopic (exact) mass is 249 g/mol. The Balaban J connectivity index is 3.20. The Labute approximate surface area is 93.2 Å². The van der Waals surface area contributed by atoms with Crippen molar-refractivity contribution >= 4 is 20.4 Å². The van der Waals surface area contributed by atoms with Crippen LogP contribution < -0.4 is 0 Å². The van der Waals surface area contributed by atoms with Gasteiger partial charge in [0.15, 0.2) is 0 Å². The molecule has 0 saturated heterocycles. The minimum Gasteiger partial charge on any atom is -0.192 e. The van der Waals surface area contributed by atoms with E-state index >= 15 is 0 Å². The molecule has 0 saturated carbocycles. The normalized spacial score (nSPS) is 11.1. The molecule has 0 fully saturated rings. The molecule has 14 heavy (non-hydrogen) atoms. The van der Waals surface area contributed by atoms with Gasteiger partial charge in [-0.3, -0.25) is 0 Å². The van der Waals surface area contributed by atoms with Crippen molar-refractivity contribution in [2.45, 2.75) is 20.3 Å². The van der Waals surface area contributed by atoms with E-state index in [1.54, 1.807) is 0 Å². The molecule has 0 aliphatic carbocycles. The lowest BCUT2D eigenvalue weighted by Crippen LogP contribution is -1.85. The number of nitriles is 1. The van der Waals surface area contributed by atoms with E-state index in [0.29, 0.717) is 5.56 Å². The Morgan fingerprint density at radius 3 is 2.86 bits per heavy atom. The van der Waals surface area contributed by atoms with Crippen LogP contribution in [0.15, 0.2) is 24.3 Å². The highest BCUT2D eigenvalue weighted by molar-refractivity contribution is 9.15. The lowest BCUT2D eigenvalue weighted by molar-refractivity contribution is 1.23. The maximum atomic E-state index is 8.78. The zero-order chi connectivity index (χ0) is 10.6. The summed E-state index contributed by atoms with van der Waals surface area (Å²) >= 11 is 3.51. The van der Waals surface area contributed by atoms with Gasteiger partial charge in [-0.15, -0.1) is 0 Å². The molecule has 0 spiro atoms. The lowest BCUT2D eigenvalue weighted by atomic mass is 10.0. The molecule has 0 unspecified atom stereocenters. The standard InChI is InChI=1S/C12H12BrN/c1-3-4-12(13)11-7-10(8-14)6-5-9(11)2/h4-7H,3H2,1-2H3/b12-4+. The first-order chi connectivity index (χ1) is 6.69. The molecule has 0 amide bonds. The fourth-order valence-electron chi connectivity index (χ4n) is 1.24. The van der Waals surface area contributed by atoms with Crippen molar-refractivity contribution in [3.8, 4) is 6.07 Å². The summed E-state index contributed by atoms with van der Waals surface area (Å²) in [6.45, 7) is 4.13. The Hall–Kier alpha value is -1.07. The molecule has 0 atom stereocenters. The van der Waals surface area contributed by atoms with Gasteiger partial charge < -0.3 is 0 Å². The number of halogens is 1. The van der Waals surface area contributed by atoms with E-state index in [9.17, 15) is 0 Å². The van der Waals surface area contributed by atoms with Gasteiger partial charge in [-0.2, -0.15) is 5.26 Å². The predicted molar refractivity (Wildman–Crippen MR) is 63.1 cm³/mol. The highest BCUT2D eigenvalue weighted by atomic mass is 79.9. The van der Waals surface area contributed by atoms with E-state index in [4.69, 9.17) is 5.26 Å². The van der Waals surface area contributed by atoms with Crippen LogP contribution >= 0.6 is 15.9 Å². The molecular formula is C12H12BrN. The number of rotatable bonds is 2. The van der Waals surface area contributed by atoms with Gasteiger partial charge in [-0.25, -0.2) is 0 Å². The minimum atomic E-state index is 0.701. The summed E-state index contributed by atoms with van der Waals surface area (Å²) in [6, 6.07) is 7.86. The van der Waals surface area contributed by atoms with E-state index in [1.165, 1.54) is 5.56 Å². The molecule has 0 N–H and O–H groups in total. The van der Waals surface area contributed by atoms with E-state index < -0.39 is 0 Å². The zero-order valence-electron chi connectivity index (χ0n) is 8.34. The molecule has 1 rings (SSSR count). The van der Waals surface area contributed by atoms with Gasteiger partial charge in [0.05, 0.1) is 11.6 Å². The first-order valence-electron chi connectivity index (χ1n) is 4.55. The second-order valence-electron chi connectivity index (χ2n) is 3.10. The molecule has 0 bridgehead atoms. The Morgan fingerprint density at radius 1 is 1.57 bits per heavy atom. The summed E-state index contributed by atoms with van der Waals surface area (Å²) in [5.41, 5.74) is 2.98. The first kappa shape index (κ1) is 11.0. The third-order valence-electron chi connectivity index (χ3n) is 2.01. The summed E-state index contributed by atoms with van der Waals surface area (Å²) < 4.78 is 1.06. The summed E-state index contributed by atoms with van der Waals surface area (Å²) in [5.74, 6) is 0. The third-order valence-corrected chi connectivity index (χ3v) is 2.76. The second kappa shape index (κ2) is 4.97. The fourth-order valence-corrected chi connectivity index (χ4v) is 1.99. The van der Waals surface area contributed by atoms with Gasteiger partial charge in [0.1, 0.15) is 0 Å². The van der Waals surface area contributed by atoms with Crippen LogP contribution in [0.1, 0.15) is 30.0 Å². The first-order valence-corrected chi connectivity index (χ1v) is 5.35. The van der Waals surface area contributed by atoms with Crippen LogP contribution in [0.3, 0.4) is 0 Å². The van der Waals surface area contributed by atoms with Crippen molar-refractivity contribution in [3.05, 3.63) is 41.0 Å². The Morgan fingerprint density at radius 2 is 2.29 bits per heavy atom. The van der Waals surface area contributed by atoms with Crippen molar-refractivity contribution < 1.29 is 0 Å². The molecule has 1 aromatic rings. The van der Waals surface area contributed by atoms with E-state index in [0.717, 1.165) is 16.5 Å². The molecule has 1 nitrogen and oxygen atoms in total. The van der Waals surface area contributed by atoms with Gasteiger partial charge in [0, 0.05) is 4.48 Å². The van der Waals surface area contributed by atoms with E-state index in [1.807, 2.05) is 25.1 Å². The third kappa shape index (κ3) is 2.46. The van der Waals surface area contributed by atoms with Crippen molar-refractivity contribution in [2.75, 3.05) is 0 Å². The minimum absolute atomic E-state index is 0.701. The number of aryl methyl sites for hydroxylation is 1. The molecule has 0 aliphatic heterocycles. The van der Waals surface area contributed by atoms with Crippen LogP contribution in [0.2, 0.25) is 0 Å². The average Bonchev–Trinajstić information content (AvgIpc) is 2.19. The number of hydrogen-bond donors (Lipinski definition) is 0. The molecule has 1 aromatic carbocycles. The van der Waals surface area contributed by atoms with Crippen LogP contribution in [0, 0.1) is 18.3 Å². The summed E-state index contributed by atoms with van der Waals surface area (Å²) in [7, 11) is 0. The van der Waals surface area contributed by atoms with Crippen molar-refractivity contribution in [1.82, 2.24) is 0 Å². The molecule has 0 heterocycles. The number of benzene rings is 1. The van der Waals surface area contributed by atoms with Gasteiger partial charge in [-0.1, -0.05) is 35.0 Å².